The van der Waals surface area contributed by atoms with Crippen LogP contribution in [0.25, 0.3) is 0 Å². The molecular formula is C19H26O2SSi. The summed E-state index contributed by atoms with van der Waals surface area (Å²) in [6.45, 7) is 6.96. The van der Waals surface area contributed by atoms with E-state index in [4.69, 9.17) is 11.2 Å². The molecule has 0 saturated heterocycles. The Balaban J connectivity index is 2.45. The van der Waals surface area contributed by atoms with Crippen LogP contribution >= 0.6 is 11.8 Å². The van der Waals surface area contributed by atoms with Gasteiger partial charge < -0.3 is 4.74 Å². The normalized spacial score (nSPS) is 24.2. The van der Waals surface area contributed by atoms with Crippen molar-refractivity contribution in [3.05, 3.63) is 30.3 Å². The molecule has 23 heavy (non-hydrogen) atoms. The van der Waals surface area contributed by atoms with Crippen molar-refractivity contribution >= 4 is 25.6 Å². The smallest absolute Gasteiger partial charge is 0.137 e. The maximum Gasteiger partial charge on any atom is 0.137 e. The molecule has 124 valence electrons. The number of hydrogen-bond acceptors (Lipinski definition) is 3. The van der Waals surface area contributed by atoms with E-state index in [9.17, 15) is 4.79 Å². The van der Waals surface area contributed by atoms with E-state index in [-0.39, 0.29) is 16.4 Å². The van der Waals surface area contributed by atoms with Crippen molar-refractivity contribution in [1.82, 2.24) is 0 Å². The lowest BCUT2D eigenvalue weighted by Crippen LogP contribution is -2.57. The highest BCUT2D eigenvalue weighted by molar-refractivity contribution is 8.02. The Bertz CT molecular complexity index is 588. The summed E-state index contributed by atoms with van der Waals surface area (Å²) in [6.07, 6.45) is 7.57. The van der Waals surface area contributed by atoms with Gasteiger partial charge in [-0.2, -0.15) is 0 Å². The first-order valence-electron chi connectivity index (χ1n) is 8.11. The summed E-state index contributed by atoms with van der Waals surface area (Å²) in [5.41, 5.74) is 0. The van der Waals surface area contributed by atoms with Gasteiger partial charge in [0, 0.05) is 36.7 Å². The molecule has 0 spiro atoms. The number of methoxy groups -OCH3 is 1. The maximum absolute atomic E-state index is 12.4. The Morgan fingerprint density at radius 3 is 2.52 bits per heavy atom. The van der Waals surface area contributed by atoms with Crippen molar-refractivity contribution in [1.29, 1.82) is 0 Å². The van der Waals surface area contributed by atoms with Gasteiger partial charge in [-0.1, -0.05) is 49.6 Å². The number of hydrogen-bond donors (Lipinski definition) is 0. The average Bonchev–Trinajstić information content (AvgIpc) is 2.87. The molecule has 2 nitrogen and oxygen atoms in total. The van der Waals surface area contributed by atoms with Crippen LogP contribution in [0, 0.1) is 24.2 Å². The summed E-state index contributed by atoms with van der Waals surface area (Å²) in [6, 6.07) is 10.3. The summed E-state index contributed by atoms with van der Waals surface area (Å²) in [5, 5.41) is 0. The molecule has 1 aromatic carbocycles. The van der Waals surface area contributed by atoms with E-state index < -0.39 is 8.07 Å². The minimum atomic E-state index is -1.77. The van der Waals surface area contributed by atoms with Gasteiger partial charge in [-0.25, -0.2) is 0 Å². The van der Waals surface area contributed by atoms with Crippen LogP contribution < -0.4 is 0 Å². The molecule has 0 aromatic heterocycles. The summed E-state index contributed by atoms with van der Waals surface area (Å²) < 4.78 is 5.87. The van der Waals surface area contributed by atoms with Crippen LogP contribution in [0.4, 0.5) is 0 Å². The van der Waals surface area contributed by atoms with Crippen LogP contribution in [0.5, 0.6) is 0 Å². The Kier molecular flexibility index (Phi) is 5.78. The highest BCUT2D eigenvalue weighted by Crippen LogP contribution is 2.53. The van der Waals surface area contributed by atoms with E-state index >= 15 is 0 Å². The minimum Gasteiger partial charge on any atom is -0.371 e. The number of terminal acetylenes is 1. The number of benzene rings is 1. The van der Waals surface area contributed by atoms with Crippen molar-refractivity contribution in [2.75, 3.05) is 7.11 Å². The summed E-state index contributed by atoms with van der Waals surface area (Å²) >= 11 is 1.79. The van der Waals surface area contributed by atoms with E-state index in [0.717, 1.165) is 6.42 Å². The van der Waals surface area contributed by atoms with Crippen LogP contribution in [0.3, 0.4) is 0 Å². The highest BCUT2D eigenvalue weighted by Gasteiger charge is 2.56. The molecule has 1 aliphatic carbocycles. The SMILES string of the molecule is C#CC[C@@H]1C(=O)CC[C@H]1C(OC)(Sc1ccccc1)[Si](C)(C)C. The predicted molar refractivity (Wildman–Crippen MR) is 100 cm³/mol. The van der Waals surface area contributed by atoms with Gasteiger partial charge in [0.1, 0.15) is 10.3 Å². The van der Waals surface area contributed by atoms with E-state index in [1.54, 1.807) is 18.9 Å². The van der Waals surface area contributed by atoms with Crippen molar-refractivity contribution in [3.63, 3.8) is 0 Å². The Labute approximate surface area is 145 Å². The molecule has 1 unspecified atom stereocenters. The molecule has 0 radical (unpaired) electrons. The first-order valence-corrected chi connectivity index (χ1v) is 12.4. The van der Waals surface area contributed by atoms with Gasteiger partial charge in [0.25, 0.3) is 0 Å². The molecule has 3 atom stereocenters. The fourth-order valence-corrected chi connectivity index (χ4v) is 8.50. The van der Waals surface area contributed by atoms with Gasteiger partial charge in [-0.15, -0.1) is 12.3 Å². The third kappa shape index (κ3) is 3.57. The molecule has 0 bridgehead atoms. The van der Waals surface area contributed by atoms with Gasteiger partial charge >= 0.3 is 0 Å². The van der Waals surface area contributed by atoms with Crippen molar-refractivity contribution in [2.24, 2.45) is 11.8 Å². The molecule has 1 fully saturated rings. The molecule has 1 aromatic rings. The second-order valence-corrected chi connectivity index (χ2v) is 14.1. The molecule has 1 aliphatic rings. The number of carbonyl (C=O) groups is 1. The largest absolute Gasteiger partial charge is 0.371 e. The second-order valence-electron chi connectivity index (χ2n) is 7.16. The summed E-state index contributed by atoms with van der Waals surface area (Å²) in [4.78, 5) is 13.6. The average molecular weight is 347 g/mol. The second kappa shape index (κ2) is 7.25. The lowest BCUT2D eigenvalue weighted by Gasteiger charge is -2.47. The number of carbonyl (C=O) groups excluding carboxylic acids is 1. The lowest BCUT2D eigenvalue weighted by molar-refractivity contribution is -0.121. The van der Waals surface area contributed by atoms with E-state index in [2.05, 4.69) is 37.7 Å². The molecule has 1 saturated carbocycles. The quantitative estimate of drug-likeness (QED) is 0.325. The Morgan fingerprint density at radius 2 is 2.00 bits per heavy atom. The molecule has 2 rings (SSSR count). The van der Waals surface area contributed by atoms with Crippen molar-refractivity contribution in [2.45, 2.75) is 48.4 Å². The molecule has 0 heterocycles. The van der Waals surface area contributed by atoms with Gasteiger partial charge in [0.2, 0.25) is 0 Å². The number of thioether (sulfide) groups is 1. The van der Waals surface area contributed by atoms with Crippen LogP contribution in [-0.2, 0) is 9.53 Å². The minimum absolute atomic E-state index is 0.0668. The standard InChI is InChI=1S/C19H26O2SSi/c1-6-10-16-17(13-14-18(16)20)19(21-2,23(3,4)5)22-15-11-8-7-9-12-15/h1,7-9,11-12,16-17H,10,13-14H2,2-5H3/t16-,17+,19?/m0/s1. The molecule has 0 N–H and O–H groups in total. The zero-order valence-corrected chi connectivity index (χ0v) is 16.3. The monoisotopic (exact) mass is 346 g/mol. The molecular weight excluding hydrogens is 320 g/mol. The van der Waals surface area contributed by atoms with Crippen LogP contribution in [0.1, 0.15) is 19.3 Å². The maximum atomic E-state index is 12.4. The van der Waals surface area contributed by atoms with Crippen molar-refractivity contribution < 1.29 is 9.53 Å². The van der Waals surface area contributed by atoms with Gasteiger partial charge in [-0.3, -0.25) is 4.79 Å². The molecule has 4 heteroatoms. The van der Waals surface area contributed by atoms with Crippen LogP contribution in [0.2, 0.25) is 19.6 Å². The third-order valence-corrected chi connectivity index (χ3v) is 10.9. The zero-order valence-electron chi connectivity index (χ0n) is 14.5. The fourth-order valence-electron chi connectivity index (χ4n) is 3.69. The number of ketones is 1. The summed E-state index contributed by atoms with van der Waals surface area (Å²) in [5.74, 6) is 3.14. The predicted octanol–water partition coefficient (Wildman–Crippen LogP) is 4.62. The lowest BCUT2D eigenvalue weighted by atomic mass is 9.92. The number of Topliss-reactive ketones (excluding diaryl/α,β-unsaturated/α-hetero) is 1. The third-order valence-electron chi connectivity index (χ3n) is 4.79. The van der Waals surface area contributed by atoms with E-state index in [1.807, 2.05) is 18.2 Å². The van der Waals surface area contributed by atoms with Gasteiger partial charge in [0.05, 0.1) is 8.07 Å². The summed E-state index contributed by atoms with van der Waals surface area (Å²) in [7, 11) is 0.0303. The van der Waals surface area contributed by atoms with Gasteiger partial charge in [-0.05, 0) is 18.6 Å². The first-order chi connectivity index (χ1) is 10.9. The first kappa shape index (κ1) is 18.3. The molecule has 0 amide bonds. The van der Waals surface area contributed by atoms with E-state index in [0.29, 0.717) is 18.6 Å². The number of ether oxygens (including phenoxy) is 1. The fraction of sp³-hybridized carbons (Fsp3) is 0.526. The highest BCUT2D eigenvalue weighted by atomic mass is 32.2. The number of rotatable bonds is 6. The Hall–Kier alpha value is -1.02. The Morgan fingerprint density at radius 1 is 1.35 bits per heavy atom. The van der Waals surface area contributed by atoms with Crippen LogP contribution in [0.15, 0.2) is 35.2 Å². The zero-order chi connectivity index (χ0) is 17.1. The topological polar surface area (TPSA) is 26.3 Å². The van der Waals surface area contributed by atoms with E-state index in [1.165, 1.54) is 4.90 Å². The van der Waals surface area contributed by atoms with Crippen LogP contribution in [-0.4, -0.2) is 25.5 Å². The van der Waals surface area contributed by atoms with Crippen molar-refractivity contribution in [3.8, 4) is 12.3 Å². The van der Waals surface area contributed by atoms with Gasteiger partial charge in [0.15, 0.2) is 0 Å². The molecule has 0 aliphatic heterocycles.